The Bertz CT molecular complexity index is 571. The highest BCUT2D eigenvalue weighted by Crippen LogP contribution is 2.30. The predicted molar refractivity (Wildman–Crippen MR) is 69.7 cm³/mol. The monoisotopic (exact) mass is 244 g/mol. The van der Waals surface area contributed by atoms with Crippen molar-refractivity contribution < 1.29 is 9.84 Å². The van der Waals surface area contributed by atoms with Crippen molar-refractivity contribution in [2.45, 2.75) is 31.4 Å². The van der Waals surface area contributed by atoms with E-state index in [1.807, 2.05) is 12.1 Å². The van der Waals surface area contributed by atoms with Gasteiger partial charge in [0, 0.05) is 17.6 Å². The lowest BCUT2D eigenvalue weighted by atomic mass is 10.1. The molecule has 94 valence electrons. The molecule has 1 aromatic heterocycles. The molecule has 2 atom stereocenters. The molecule has 1 aromatic carbocycles. The summed E-state index contributed by atoms with van der Waals surface area (Å²) in [5.74, 6) is 0.779. The summed E-state index contributed by atoms with van der Waals surface area (Å²) in [7, 11) is 0. The zero-order valence-electron chi connectivity index (χ0n) is 10.0. The van der Waals surface area contributed by atoms with E-state index in [4.69, 9.17) is 10.5 Å². The molecular formula is C14H16N2O2. The third-order valence-corrected chi connectivity index (χ3v) is 3.48. The van der Waals surface area contributed by atoms with Gasteiger partial charge in [-0.25, -0.2) is 4.98 Å². The van der Waals surface area contributed by atoms with E-state index in [-0.39, 0.29) is 17.9 Å². The molecule has 2 unspecified atom stereocenters. The Morgan fingerprint density at radius 3 is 2.94 bits per heavy atom. The number of hydrogen-bond donors (Lipinski definition) is 2. The van der Waals surface area contributed by atoms with Gasteiger partial charge in [0.1, 0.15) is 11.9 Å². The van der Waals surface area contributed by atoms with E-state index in [1.165, 1.54) is 0 Å². The van der Waals surface area contributed by atoms with Gasteiger partial charge in [-0.2, -0.15) is 0 Å². The third kappa shape index (κ3) is 1.99. The standard InChI is InChI=1S/C14H16N2O2/c15-12-2-1-3-13(12)18-14-11-8-10(17)5-4-9(11)6-7-16-14/h4-8,12-13,17H,1-3,15H2. The number of fused-ring (bicyclic) bond motifs is 1. The molecule has 1 heterocycles. The van der Waals surface area contributed by atoms with Crippen molar-refractivity contribution in [3.05, 3.63) is 30.5 Å². The van der Waals surface area contributed by atoms with Crippen LogP contribution >= 0.6 is 0 Å². The van der Waals surface area contributed by atoms with Crippen LogP contribution in [0.1, 0.15) is 19.3 Å². The van der Waals surface area contributed by atoms with Crippen LogP contribution in [0.25, 0.3) is 10.8 Å². The van der Waals surface area contributed by atoms with E-state index >= 15 is 0 Å². The molecule has 0 aliphatic heterocycles. The maximum atomic E-state index is 9.56. The van der Waals surface area contributed by atoms with Gasteiger partial charge in [-0.05, 0) is 42.8 Å². The number of nitrogens with two attached hydrogens (primary N) is 1. The van der Waals surface area contributed by atoms with Crippen LogP contribution in [-0.4, -0.2) is 22.2 Å². The average molecular weight is 244 g/mol. The summed E-state index contributed by atoms with van der Waals surface area (Å²) in [6.45, 7) is 0. The van der Waals surface area contributed by atoms with Crippen LogP contribution in [0.15, 0.2) is 30.5 Å². The topological polar surface area (TPSA) is 68.4 Å². The summed E-state index contributed by atoms with van der Waals surface area (Å²) in [5, 5.41) is 11.4. The number of phenols is 1. The van der Waals surface area contributed by atoms with Gasteiger partial charge < -0.3 is 15.6 Å². The van der Waals surface area contributed by atoms with Crippen molar-refractivity contribution in [1.82, 2.24) is 4.98 Å². The molecule has 0 saturated heterocycles. The first-order chi connectivity index (χ1) is 8.74. The van der Waals surface area contributed by atoms with Crippen molar-refractivity contribution in [2.75, 3.05) is 0 Å². The maximum absolute atomic E-state index is 9.56. The molecule has 4 nitrogen and oxygen atoms in total. The Labute approximate surface area is 105 Å². The summed E-state index contributed by atoms with van der Waals surface area (Å²) >= 11 is 0. The number of aromatic hydroxyl groups is 1. The van der Waals surface area contributed by atoms with Gasteiger partial charge in [0.05, 0.1) is 0 Å². The minimum atomic E-state index is 0.0328. The molecule has 2 aromatic rings. The predicted octanol–water partition coefficient (Wildman–Crippen LogP) is 2.20. The average Bonchev–Trinajstić information content (AvgIpc) is 2.76. The molecule has 1 fully saturated rings. The number of pyridine rings is 1. The van der Waals surface area contributed by atoms with E-state index in [1.54, 1.807) is 18.3 Å². The van der Waals surface area contributed by atoms with Gasteiger partial charge in [0.25, 0.3) is 0 Å². The highest BCUT2D eigenvalue weighted by atomic mass is 16.5. The van der Waals surface area contributed by atoms with Gasteiger partial charge >= 0.3 is 0 Å². The number of rotatable bonds is 2. The Hall–Kier alpha value is -1.81. The third-order valence-electron chi connectivity index (χ3n) is 3.48. The minimum Gasteiger partial charge on any atom is -0.508 e. The number of nitrogens with zero attached hydrogens (tertiary/aromatic N) is 1. The summed E-state index contributed by atoms with van der Waals surface area (Å²) < 4.78 is 5.91. The van der Waals surface area contributed by atoms with Gasteiger partial charge in [-0.15, -0.1) is 0 Å². The second-order valence-corrected chi connectivity index (χ2v) is 4.77. The fraction of sp³-hybridized carbons (Fsp3) is 0.357. The van der Waals surface area contributed by atoms with E-state index in [0.29, 0.717) is 5.88 Å². The molecule has 4 heteroatoms. The number of aromatic nitrogens is 1. The summed E-state index contributed by atoms with van der Waals surface area (Å²) in [4.78, 5) is 4.26. The van der Waals surface area contributed by atoms with Crippen LogP contribution < -0.4 is 10.5 Å². The zero-order chi connectivity index (χ0) is 12.5. The van der Waals surface area contributed by atoms with Crippen LogP contribution in [0.3, 0.4) is 0 Å². The summed E-state index contributed by atoms with van der Waals surface area (Å²) in [6.07, 6.45) is 4.82. The van der Waals surface area contributed by atoms with Gasteiger partial charge in [0.15, 0.2) is 0 Å². The first-order valence-electron chi connectivity index (χ1n) is 6.24. The largest absolute Gasteiger partial charge is 0.508 e. The fourth-order valence-electron chi connectivity index (χ4n) is 2.47. The molecule has 1 aliphatic rings. The number of phenolic OH excluding ortho intramolecular Hbond substituents is 1. The molecule has 0 amide bonds. The summed E-state index contributed by atoms with van der Waals surface area (Å²) in [5.41, 5.74) is 6.00. The van der Waals surface area contributed by atoms with E-state index in [0.717, 1.165) is 30.0 Å². The molecule has 0 bridgehead atoms. The smallest absolute Gasteiger partial charge is 0.221 e. The lowest BCUT2D eigenvalue weighted by Gasteiger charge is -2.18. The Morgan fingerprint density at radius 1 is 1.28 bits per heavy atom. The Kier molecular flexibility index (Phi) is 2.80. The zero-order valence-corrected chi connectivity index (χ0v) is 10.0. The van der Waals surface area contributed by atoms with E-state index in [9.17, 15) is 5.11 Å². The lowest BCUT2D eigenvalue weighted by molar-refractivity contribution is 0.186. The first-order valence-corrected chi connectivity index (χ1v) is 6.24. The van der Waals surface area contributed by atoms with E-state index < -0.39 is 0 Å². The van der Waals surface area contributed by atoms with Crippen LogP contribution in [0, 0.1) is 0 Å². The van der Waals surface area contributed by atoms with Crippen molar-refractivity contribution in [1.29, 1.82) is 0 Å². The highest BCUT2D eigenvalue weighted by molar-refractivity contribution is 5.87. The maximum Gasteiger partial charge on any atom is 0.221 e. The number of hydrogen-bond acceptors (Lipinski definition) is 4. The molecule has 18 heavy (non-hydrogen) atoms. The Morgan fingerprint density at radius 2 is 2.17 bits per heavy atom. The van der Waals surface area contributed by atoms with Crippen LogP contribution in [0.4, 0.5) is 0 Å². The molecule has 1 aliphatic carbocycles. The second-order valence-electron chi connectivity index (χ2n) is 4.77. The molecule has 3 N–H and O–H groups in total. The quantitative estimate of drug-likeness (QED) is 0.849. The highest BCUT2D eigenvalue weighted by Gasteiger charge is 2.26. The molecule has 3 rings (SSSR count). The number of benzene rings is 1. The fourth-order valence-corrected chi connectivity index (χ4v) is 2.47. The van der Waals surface area contributed by atoms with Crippen LogP contribution in [0.2, 0.25) is 0 Å². The van der Waals surface area contributed by atoms with Gasteiger partial charge in [-0.1, -0.05) is 6.07 Å². The summed E-state index contributed by atoms with van der Waals surface area (Å²) in [6, 6.07) is 7.18. The molecular weight excluding hydrogens is 228 g/mol. The molecule has 0 spiro atoms. The number of ether oxygens (including phenoxy) is 1. The molecule has 1 saturated carbocycles. The van der Waals surface area contributed by atoms with Crippen molar-refractivity contribution in [2.24, 2.45) is 5.73 Å². The second kappa shape index (κ2) is 4.46. The van der Waals surface area contributed by atoms with Gasteiger partial charge in [0.2, 0.25) is 5.88 Å². The normalized spacial score (nSPS) is 23.4. The van der Waals surface area contributed by atoms with Crippen molar-refractivity contribution >= 4 is 10.8 Å². The van der Waals surface area contributed by atoms with E-state index in [2.05, 4.69) is 4.98 Å². The van der Waals surface area contributed by atoms with Gasteiger partial charge in [-0.3, -0.25) is 0 Å². The van der Waals surface area contributed by atoms with Crippen molar-refractivity contribution in [3.8, 4) is 11.6 Å². The first kappa shape index (κ1) is 11.3. The van der Waals surface area contributed by atoms with Crippen LogP contribution in [-0.2, 0) is 0 Å². The minimum absolute atomic E-state index is 0.0328. The van der Waals surface area contributed by atoms with Crippen LogP contribution in [0.5, 0.6) is 11.6 Å². The van der Waals surface area contributed by atoms with Crippen molar-refractivity contribution in [3.63, 3.8) is 0 Å². The lowest BCUT2D eigenvalue weighted by Crippen LogP contribution is -2.33. The Balaban J connectivity index is 1.98. The SMILES string of the molecule is NC1CCCC1Oc1nccc2ccc(O)cc12. The molecule has 0 radical (unpaired) electrons.